The minimum atomic E-state index is -4.59. The molecule has 6 rings (SSSR count). The molecule has 1 saturated carbocycles. The molecule has 2 aromatic heterocycles. The van der Waals surface area contributed by atoms with E-state index >= 15 is 0 Å². The summed E-state index contributed by atoms with van der Waals surface area (Å²) in [6.07, 6.45) is -2.49. The minimum Gasteiger partial charge on any atom is -0.362 e. The normalized spacial score (nSPS) is 15.1. The van der Waals surface area contributed by atoms with Crippen LogP contribution in [0.4, 0.5) is 24.5 Å². The van der Waals surface area contributed by atoms with Crippen LogP contribution in [-0.4, -0.2) is 74.5 Å². The summed E-state index contributed by atoms with van der Waals surface area (Å²) in [7, 11) is 0. The van der Waals surface area contributed by atoms with Crippen LogP contribution in [0.2, 0.25) is 5.02 Å². The van der Waals surface area contributed by atoms with Crippen molar-refractivity contribution in [3.63, 3.8) is 0 Å². The molecule has 48 heavy (non-hydrogen) atoms. The summed E-state index contributed by atoms with van der Waals surface area (Å²) in [5.74, 6) is -0.411. The monoisotopic (exact) mass is 684 g/mol. The van der Waals surface area contributed by atoms with Gasteiger partial charge < -0.3 is 25.0 Å². The van der Waals surface area contributed by atoms with Crippen molar-refractivity contribution in [2.75, 3.05) is 42.9 Å². The Bertz CT molecular complexity index is 1930. The average molecular weight is 685 g/mol. The molecule has 16 heteroatoms. The van der Waals surface area contributed by atoms with E-state index in [1.807, 2.05) is 11.8 Å². The summed E-state index contributed by atoms with van der Waals surface area (Å²) in [5, 5.41) is 9.44. The Labute approximate surface area is 277 Å². The molecule has 2 aliphatic rings. The quantitative estimate of drug-likeness (QED) is 0.275. The molecule has 1 saturated heterocycles. The van der Waals surface area contributed by atoms with Gasteiger partial charge in [0.15, 0.2) is 5.82 Å². The third-order valence-electron chi connectivity index (χ3n) is 8.38. The number of amides is 3. The van der Waals surface area contributed by atoms with Crippen molar-refractivity contribution in [3.05, 3.63) is 86.6 Å². The molecule has 0 radical (unpaired) electrons. The van der Waals surface area contributed by atoms with Crippen LogP contribution in [0.1, 0.15) is 53.1 Å². The molecular formula is C32H32ClF3N8O4. The van der Waals surface area contributed by atoms with Gasteiger partial charge in [-0.1, -0.05) is 36.7 Å². The van der Waals surface area contributed by atoms with Crippen LogP contribution in [0.25, 0.3) is 5.78 Å². The number of rotatable bonds is 9. The van der Waals surface area contributed by atoms with Crippen LogP contribution in [-0.2, 0) is 28.7 Å². The second-order valence-corrected chi connectivity index (χ2v) is 12.1. The SMILES string of the molecule is CCc1c(N2CCN(C(=O)CNC(=O)c3ccccc3)CC2)c(=O)n2nc(C3CC3)nc2n1CC(=O)Nc1ccc(C(F)(F)F)cc1Cl. The summed E-state index contributed by atoms with van der Waals surface area (Å²) in [6.45, 7) is 2.54. The highest BCUT2D eigenvalue weighted by atomic mass is 35.5. The second kappa shape index (κ2) is 13.3. The van der Waals surface area contributed by atoms with Crippen LogP contribution in [0.5, 0.6) is 0 Å². The van der Waals surface area contributed by atoms with Crippen LogP contribution < -0.4 is 21.1 Å². The Morgan fingerprint density at radius 1 is 1.02 bits per heavy atom. The van der Waals surface area contributed by atoms with Crippen molar-refractivity contribution in [2.45, 2.75) is 44.8 Å². The van der Waals surface area contributed by atoms with Crippen LogP contribution in [0, 0.1) is 0 Å². The number of halogens is 4. The highest BCUT2D eigenvalue weighted by molar-refractivity contribution is 6.33. The first-order valence-corrected chi connectivity index (χ1v) is 15.9. The number of hydrogen-bond acceptors (Lipinski definition) is 7. The summed E-state index contributed by atoms with van der Waals surface area (Å²) >= 11 is 6.08. The van der Waals surface area contributed by atoms with Gasteiger partial charge in [-0.2, -0.15) is 22.7 Å². The van der Waals surface area contributed by atoms with Crippen molar-refractivity contribution in [3.8, 4) is 0 Å². The Morgan fingerprint density at radius 2 is 1.73 bits per heavy atom. The van der Waals surface area contributed by atoms with E-state index < -0.39 is 23.2 Å². The number of nitrogens with one attached hydrogen (secondary N) is 2. The van der Waals surface area contributed by atoms with Gasteiger partial charge in [-0.3, -0.25) is 19.2 Å². The molecule has 2 fully saturated rings. The van der Waals surface area contributed by atoms with Gasteiger partial charge in [0.25, 0.3) is 11.5 Å². The van der Waals surface area contributed by atoms with Crippen molar-refractivity contribution in [2.24, 2.45) is 0 Å². The summed E-state index contributed by atoms with van der Waals surface area (Å²) in [4.78, 5) is 60.7. The van der Waals surface area contributed by atoms with E-state index in [2.05, 4.69) is 20.7 Å². The number of piperazine rings is 1. The zero-order chi connectivity index (χ0) is 34.2. The summed E-state index contributed by atoms with van der Waals surface area (Å²) in [5.41, 5.74) is -0.0549. The first-order chi connectivity index (χ1) is 22.9. The topological polar surface area (TPSA) is 134 Å². The molecule has 3 amide bonds. The predicted octanol–water partition coefficient (Wildman–Crippen LogP) is 3.72. The number of benzene rings is 2. The highest BCUT2D eigenvalue weighted by Gasteiger charge is 2.33. The lowest BCUT2D eigenvalue weighted by Crippen LogP contribution is -2.52. The predicted molar refractivity (Wildman–Crippen MR) is 171 cm³/mol. The lowest BCUT2D eigenvalue weighted by molar-refractivity contribution is -0.137. The largest absolute Gasteiger partial charge is 0.416 e. The van der Waals surface area contributed by atoms with Gasteiger partial charge in [0.1, 0.15) is 12.2 Å². The molecule has 3 heterocycles. The van der Waals surface area contributed by atoms with Crippen molar-refractivity contribution < 1.29 is 27.6 Å². The fourth-order valence-electron chi connectivity index (χ4n) is 5.72. The van der Waals surface area contributed by atoms with Gasteiger partial charge >= 0.3 is 6.18 Å². The molecule has 12 nitrogen and oxygen atoms in total. The minimum absolute atomic E-state index is 0.00545. The van der Waals surface area contributed by atoms with Gasteiger partial charge in [-0.05, 0) is 49.6 Å². The maximum atomic E-state index is 13.9. The number of carbonyl (C=O) groups excluding carboxylic acids is 3. The van der Waals surface area contributed by atoms with E-state index in [1.54, 1.807) is 39.8 Å². The Hall–Kier alpha value is -4.92. The van der Waals surface area contributed by atoms with Crippen LogP contribution in [0.3, 0.4) is 0 Å². The van der Waals surface area contributed by atoms with E-state index in [4.69, 9.17) is 11.6 Å². The number of alkyl halides is 3. The average Bonchev–Trinajstić information content (AvgIpc) is 3.83. The van der Waals surface area contributed by atoms with Gasteiger partial charge in [0, 0.05) is 37.7 Å². The molecule has 252 valence electrons. The Balaban J connectivity index is 1.23. The van der Waals surface area contributed by atoms with Crippen molar-refractivity contribution >= 4 is 46.5 Å². The van der Waals surface area contributed by atoms with Gasteiger partial charge in [0.2, 0.25) is 17.6 Å². The smallest absolute Gasteiger partial charge is 0.362 e. The number of nitrogens with zero attached hydrogens (tertiary/aromatic N) is 6. The molecule has 1 aliphatic carbocycles. The summed E-state index contributed by atoms with van der Waals surface area (Å²) < 4.78 is 42.2. The van der Waals surface area contributed by atoms with E-state index in [0.29, 0.717) is 42.3 Å². The zero-order valence-electron chi connectivity index (χ0n) is 25.9. The van der Waals surface area contributed by atoms with Gasteiger partial charge in [-0.25, -0.2) is 0 Å². The number of aromatic nitrogens is 4. The second-order valence-electron chi connectivity index (χ2n) is 11.7. The van der Waals surface area contributed by atoms with Crippen molar-refractivity contribution in [1.82, 2.24) is 29.4 Å². The lowest BCUT2D eigenvalue weighted by atomic mass is 10.2. The first kappa shape index (κ1) is 33.0. The number of carbonyl (C=O) groups is 3. The maximum absolute atomic E-state index is 13.9. The standard InChI is InChI=1S/C32H32ClF3N8O4/c1-2-24-27(42-14-12-41(13-15-42)26(46)17-37-29(47)20-6-4-3-5-7-20)30(48)44-31(39-28(40-44)19-8-9-19)43(24)18-25(45)38-23-11-10-21(16-22(23)33)32(34,35)36/h3-7,10-11,16,19H,2,8-9,12-15,17-18H2,1H3,(H,37,47)(H,38,45). The van der Waals surface area contributed by atoms with E-state index in [9.17, 15) is 32.3 Å². The highest BCUT2D eigenvalue weighted by Crippen LogP contribution is 2.38. The molecule has 0 spiro atoms. The fraction of sp³-hybridized carbons (Fsp3) is 0.375. The molecule has 2 aromatic carbocycles. The van der Waals surface area contributed by atoms with Gasteiger partial charge in [-0.15, -0.1) is 5.10 Å². The Kier molecular flexibility index (Phi) is 9.14. The first-order valence-electron chi connectivity index (χ1n) is 15.5. The maximum Gasteiger partial charge on any atom is 0.416 e. The van der Waals surface area contributed by atoms with E-state index in [-0.39, 0.29) is 60.4 Å². The van der Waals surface area contributed by atoms with Crippen LogP contribution in [0.15, 0.2) is 53.3 Å². The van der Waals surface area contributed by atoms with Gasteiger partial charge in [0.05, 0.1) is 28.5 Å². The molecule has 1 aliphatic heterocycles. The fourth-order valence-corrected chi connectivity index (χ4v) is 5.95. The number of anilines is 2. The zero-order valence-corrected chi connectivity index (χ0v) is 26.6. The Morgan fingerprint density at radius 3 is 2.35 bits per heavy atom. The number of hydrogen-bond donors (Lipinski definition) is 2. The lowest BCUT2D eigenvalue weighted by Gasteiger charge is -2.36. The van der Waals surface area contributed by atoms with E-state index in [0.717, 1.165) is 31.0 Å². The number of fused-ring (bicyclic) bond motifs is 1. The molecule has 4 aromatic rings. The molecule has 0 atom stereocenters. The molecule has 0 unspecified atom stereocenters. The molecule has 0 bridgehead atoms. The molecular weight excluding hydrogens is 653 g/mol. The third kappa shape index (κ3) is 6.86. The van der Waals surface area contributed by atoms with E-state index in [1.165, 1.54) is 4.52 Å². The molecule has 2 N–H and O–H groups in total. The summed E-state index contributed by atoms with van der Waals surface area (Å²) in [6, 6.07) is 11.2. The van der Waals surface area contributed by atoms with Crippen LogP contribution >= 0.6 is 11.6 Å². The third-order valence-corrected chi connectivity index (χ3v) is 8.69. The van der Waals surface area contributed by atoms with Crippen molar-refractivity contribution in [1.29, 1.82) is 0 Å².